The highest BCUT2D eigenvalue weighted by molar-refractivity contribution is 5.82. The second kappa shape index (κ2) is 7.16. The van der Waals surface area contributed by atoms with Gasteiger partial charge in [0.1, 0.15) is 23.2 Å². The predicted octanol–water partition coefficient (Wildman–Crippen LogP) is 3.63. The molecule has 1 heterocycles. The zero-order chi connectivity index (χ0) is 17.8. The number of aliphatic hydroxyl groups excluding tert-OH is 1. The van der Waals surface area contributed by atoms with Gasteiger partial charge in [0.2, 0.25) is 0 Å². The van der Waals surface area contributed by atoms with Crippen molar-refractivity contribution in [1.82, 2.24) is 14.9 Å². The highest BCUT2D eigenvalue weighted by Gasteiger charge is 2.14. The van der Waals surface area contributed by atoms with Crippen molar-refractivity contribution in [2.24, 2.45) is 0 Å². The van der Waals surface area contributed by atoms with Gasteiger partial charge >= 0.3 is 0 Å². The van der Waals surface area contributed by atoms with Gasteiger partial charge in [0.25, 0.3) is 0 Å². The van der Waals surface area contributed by atoms with Crippen LogP contribution in [0.5, 0.6) is 0 Å². The standard InChI is InChI=1S/C19H17FN4O/c1-24(11-13-5-4-6-14(20)9-13)12-18(25)15(10-21)19-22-16-7-2-3-8-17(16)23-19/h2-9,25H,11-12H2,1H3,(H,22,23)/b18-15-. The van der Waals surface area contributed by atoms with Crippen LogP contribution < -0.4 is 0 Å². The van der Waals surface area contributed by atoms with E-state index in [-0.39, 0.29) is 23.7 Å². The molecule has 0 saturated carbocycles. The number of hydrogen-bond donors (Lipinski definition) is 2. The molecule has 0 atom stereocenters. The summed E-state index contributed by atoms with van der Waals surface area (Å²) in [6.45, 7) is 0.594. The Kier molecular flexibility index (Phi) is 4.78. The number of aromatic nitrogens is 2. The minimum atomic E-state index is -0.300. The Balaban J connectivity index is 1.80. The number of H-pyrrole nitrogens is 1. The molecule has 2 aromatic carbocycles. The number of halogens is 1. The molecule has 126 valence electrons. The van der Waals surface area contributed by atoms with Gasteiger partial charge in [0, 0.05) is 6.54 Å². The molecule has 25 heavy (non-hydrogen) atoms. The summed E-state index contributed by atoms with van der Waals surface area (Å²) in [5.41, 5.74) is 2.41. The molecule has 0 fully saturated rings. The summed E-state index contributed by atoms with van der Waals surface area (Å²) in [6, 6.07) is 15.7. The van der Waals surface area contributed by atoms with Crippen LogP contribution in [-0.2, 0) is 6.54 Å². The van der Waals surface area contributed by atoms with Crippen molar-refractivity contribution in [3.63, 3.8) is 0 Å². The number of aromatic amines is 1. The van der Waals surface area contributed by atoms with E-state index in [0.717, 1.165) is 16.6 Å². The molecule has 0 saturated heterocycles. The molecule has 0 aliphatic carbocycles. The monoisotopic (exact) mass is 336 g/mol. The maximum atomic E-state index is 13.3. The molecule has 5 nitrogen and oxygen atoms in total. The maximum absolute atomic E-state index is 13.3. The highest BCUT2D eigenvalue weighted by atomic mass is 19.1. The molecule has 0 aliphatic rings. The van der Waals surface area contributed by atoms with Crippen molar-refractivity contribution >= 4 is 16.6 Å². The fraction of sp³-hybridized carbons (Fsp3) is 0.158. The first-order valence-corrected chi connectivity index (χ1v) is 7.77. The number of allylic oxidation sites excluding steroid dienone is 1. The zero-order valence-electron chi connectivity index (χ0n) is 13.7. The number of nitriles is 1. The quantitative estimate of drug-likeness (QED) is 0.551. The van der Waals surface area contributed by atoms with E-state index < -0.39 is 0 Å². The number of hydrogen-bond acceptors (Lipinski definition) is 4. The molecule has 2 N–H and O–H groups in total. The van der Waals surface area contributed by atoms with Crippen molar-refractivity contribution in [2.45, 2.75) is 6.54 Å². The average Bonchev–Trinajstić information content (AvgIpc) is 2.98. The summed E-state index contributed by atoms with van der Waals surface area (Å²) >= 11 is 0. The fourth-order valence-electron chi connectivity index (χ4n) is 2.66. The molecule has 0 unspecified atom stereocenters. The molecule has 0 radical (unpaired) electrons. The number of nitrogens with zero attached hydrogens (tertiary/aromatic N) is 3. The fourth-order valence-corrected chi connectivity index (χ4v) is 2.66. The third kappa shape index (κ3) is 3.84. The van der Waals surface area contributed by atoms with Crippen LogP contribution in [0.1, 0.15) is 11.4 Å². The summed E-state index contributed by atoms with van der Waals surface area (Å²) in [5, 5.41) is 19.8. The summed E-state index contributed by atoms with van der Waals surface area (Å²) < 4.78 is 13.3. The van der Waals surface area contributed by atoms with Gasteiger partial charge in [0.05, 0.1) is 17.6 Å². The number of aliphatic hydroxyl groups is 1. The molecule has 0 aliphatic heterocycles. The first kappa shape index (κ1) is 16.7. The molecule has 6 heteroatoms. The van der Waals surface area contributed by atoms with Crippen molar-refractivity contribution in [3.05, 3.63) is 71.5 Å². The first-order valence-electron chi connectivity index (χ1n) is 7.77. The Hall–Kier alpha value is -3.17. The lowest BCUT2D eigenvalue weighted by Crippen LogP contribution is -2.21. The molecule has 3 rings (SSSR count). The molecule has 0 bridgehead atoms. The van der Waals surface area contributed by atoms with Crippen LogP contribution in [0, 0.1) is 17.1 Å². The van der Waals surface area contributed by atoms with Crippen LogP contribution in [0.3, 0.4) is 0 Å². The smallest absolute Gasteiger partial charge is 0.152 e. The van der Waals surface area contributed by atoms with Crippen molar-refractivity contribution in [1.29, 1.82) is 5.26 Å². The van der Waals surface area contributed by atoms with E-state index >= 15 is 0 Å². The molecule has 0 amide bonds. The van der Waals surface area contributed by atoms with Gasteiger partial charge in [-0.05, 0) is 36.9 Å². The number of likely N-dealkylation sites (N-methyl/N-ethyl adjacent to an activating group) is 1. The van der Waals surface area contributed by atoms with Gasteiger partial charge in [-0.25, -0.2) is 9.37 Å². The van der Waals surface area contributed by atoms with Crippen LogP contribution in [0.4, 0.5) is 4.39 Å². The summed E-state index contributed by atoms with van der Waals surface area (Å²) in [5.74, 6) is -0.0496. The van der Waals surface area contributed by atoms with E-state index in [0.29, 0.717) is 12.4 Å². The molecule has 0 spiro atoms. The number of rotatable bonds is 5. The molecular formula is C19H17FN4O. The summed E-state index contributed by atoms with van der Waals surface area (Å²) in [7, 11) is 1.79. The number of nitrogens with one attached hydrogen (secondary N) is 1. The van der Waals surface area contributed by atoms with Crippen molar-refractivity contribution in [3.8, 4) is 6.07 Å². The van der Waals surface area contributed by atoms with E-state index in [1.807, 2.05) is 36.4 Å². The first-order chi connectivity index (χ1) is 12.1. The molecular weight excluding hydrogens is 319 g/mol. The maximum Gasteiger partial charge on any atom is 0.152 e. The minimum absolute atomic E-state index is 0.0829. The highest BCUT2D eigenvalue weighted by Crippen LogP contribution is 2.19. The van der Waals surface area contributed by atoms with E-state index in [1.165, 1.54) is 12.1 Å². The lowest BCUT2D eigenvalue weighted by molar-refractivity contribution is 0.285. The molecule has 1 aromatic heterocycles. The van der Waals surface area contributed by atoms with Crippen molar-refractivity contribution < 1.29 is 9.50 Å². The summed E-state index contributed by atoms with van der Waals surface area (Å²) in [4.78, 5) is 9.18. The Labute approximate surface area is 144 Å². The number of para-hydroxylation sites is 2. The third-order valence-electron chi connectivity index (χ3n) is 3.79. The van der Waals surface area contributed by atoms with Crippen molar-refractivity contribution in [2.75, 3.05) is 13.6 Å². The van der Waals surface area contributed by atoms with Gasteiger partial charge in [-0.1, -0.05) is 24.3 Å². The molecule has 3 aromatic rings. The predicted molar refractivity (Wildman–Crippen MR) is 94.0 cm³/mol. The number of imidazole rings is 1. The van der Waals surface area contributed by atoms with Gasteiger partial charge in [-0.3, -0.25) is 4.90 Å². The Morgan fingerprint density at radius 2 is 2.08 bits per heavy atom. The topological polar surface area (TPSA) is 75.9 Å². The lowest BCUT2D eigenvalue weighted by atomic mass is 10.2. The summed E-state index contributed by atoms with van der Waals surface area (Å²) in [6.07, 6.45) is 0. The van der Waals surface area contributed by atoms with Crippen LogP contribution in [0.2, 0.25) is 0 Å². The van der Waals surface area contributed by atoms with Crippen LogP contribution in [-0.4, -0.2) is 33.6 Å². The van der Waals surface area contributed by atoms with Gasteiger partial charge in [-0.2, -0.15) is 5.26 Å². The number of fused-ring (bicyclic) bond motifs is 1. The van der Waals surface area contributed by atoms with Gasteiger partial charge < -0.3 is 10.1 Å². The SMILES string of the molecule is CN(C/C(O)=C(\C#N)c1nc2ccccc2[nH]1)Cc1cccc(F)c1. The number of benzene rings is 2. The van der Waals surface area contributed by atoms with Crippen LogP contribution in [0.15, 0.2) is 54.3 Å². The van der Waals surface area contributed by atoms with Gasteiger partial charge in [-0.15, -0.1) is 0 Å². The second-order valence-electron chi connectivity index (χ2n) is 5.84. The lowest BCUT2D eigenvalue weighted by Gasteiger charge is -2.16. The minimum Gasteiger partial charge on any atom is -0.509 e. The Morgan fingerprint density at radius 3 is 2.80 bits per heavy atom. The average molecular weight is 336 g/mol. The Morgan fingerprint density at radius 1 is 1.28 bits per heavy atom. The van der Waals surface area contributed by atoms with E-state index in [9.17, 15) is 14.8 Å². The van der Waals surface area contributed by atoms with E-state index in [1.54, 1.807) is 18.0 Å². The van der Waals surface area contributed by atoms with Gasteiger partial charge in [0.15, 0.2) is 5.82 Å². The van der Waals surface area contributed by atoms with E-state index in [4.69, 9.17) is 0 Å². The largest absolute Gasteiger partial charge is 0.509 e. The third-order valence-corrected chi connectivity index (χ3v) is 3.79. The second-order valence-corrected chi connectivity index (χ2v) is 5.84. The van der Waals surface area contributed by atoms with Crippen LogP contribution >= 0.6 is 0 Å². The normalized spacial score (nSPS) is 12.2. The Bertz CT molecular complexity index is 938. The van der Waals surface area contributed by atoms with Crippen LogP contribution in [0.25, 0.3) is 16.6 Å². The van der Waals surface area contributed by atoms with E-state index in [2.05, 4.69) is 9.97 Å². The zero-order valence-corrected chi connectivity index (χ0v) is 13.7.